The molecule has 0 N–H and O–H groups in total. The molecule has 0 bridgehead atoms. The van der Waals surface area contributed by atoms with Crippen molar-refractivity contribution in [2.45, 2.75) is 6.92 Å². The number of hydrogen-bond donors (Lipinski definition) is 0. The zero-order valence-corrected chi connectivity index (χ0v) is 11.4. The number of alkyl halides is 1. The summed E-state index contributed by atoms with van der Waals surface area (Å²) in [6.45, 7) is 1.90. The summed E-state index contributed by atoms with van der Waals surface area (Å²) in [5, 5.41) is 0. The lowest BCUT2D eigenvalue weighted by Gasteiger charge is -2.06. The fourth-order valence-electron chi connectivity index (χ4n) is 1.06. The lowest BCUT2D eigenvalue weighted by molar-refractivity contribution is 0.101. The first-order valence-electron chi connectivity index (χ1n) is 3.61. The van der Waals surface area contributed by atoms with Gasteiger partial charge >= 0.3 is 0 Å². The molecule has 0 atom stereocenters. The number of carbonyl (C=O) groups is 1. The maximum Gasteiger partial charge on any atom is 0.179 e. The van der Waals surface area contributed by atoms with E-state index in [0.717, 1.165) is 13.6 Å². The molecule has 70 valence electrons. The molecular weight excluding hydrogens is 366 g/mol. The monoisotopic (exact) mass is 372 g/mol. The number of carbonyl (C=O) groups excluding carboxylic acids is 1. The average Bonchev–Trinajstić information content (AvgIpc) is 2.12. The van der Waals surface area contributed by atoms with Crippen molar-refractivity contribution in [3.8, 4) is 0 Å². The van der Waals surface area contributed by atoms with Crippen molar-refractivity contribution >= 4 is 55.9 Å². The van der Waals surface area contributed by atoms with Gasteiger partial charge in [-0.1, -0.05) is 6.07 Å². The van der Waals surface area contributed by atoms with E-state index in [-0.39, 0.29) is 11.7 Å². The second-order valence-electron chi connectivity index (χ2n) is 2.61. The molecule has 0 unspecified atom stereocenters. The summed E-state index contributed by atoms with van der Waals surface area (Å²) < 4.78 is 1.87. The molecule has 13 heavy (non-hydrogen) atoms. The van der Waals surface area contributed by atoms with Gasteiger partial charge in [-0.25, -0.2) is 0 Å². The highest BCUT2D eigenvalue weighted by molar-refractivity contribution is 14.1. The van der Waals surface area contributed by atoms with E-state index >= 15 is 0 Å². The minimum atomic E-state index is -0.0374. The molecular formula is C9H7BrClIO. The van der Waals surface area contributed by atoms with Crippen LogP contribution in [0.15, 0.2) is 16.6 Å². The molecule has 0 aliphatic heterocycles. The van der Waals surface area contributed by atoms with Gasteiger partial charge < -0.3 is 0 Å². The summed E-state index contributed by atoms with van der Waals surface area (Å²) in [5.41, 5.74) is 1.65. The minimum absolute atomic E-state index is 0.0273. The van der Waals surface area contributed by atoms with Crippen LogP contribution in [0.4, 0.5) is 0 Å². The summed E-state index contributed by atoms with van der Waals surface area (Å²) in [4.78, 5) is 11.4. The average molecular weight is 373 g/mol. The summed E-state index contributed by atoms with van der Waals surface area (Å²) in [6, 6.07) is 3.89. The van der Waals surface area contributed by atoms with Crippen LogP contribution in [0.1, 0.15) is 15.9 Å². The smallest absolute Gasteiger partial charge is 0.179 e. The van der Waals surface area contributed by atoms with Crippen LogP contribution in [0.5, 0.6) is 0 Å². The minimum Gasteiger partial charge on any atom is -0.293 e. The number of rotatable bonds is 2. The molecule has 1 aromatic carbocycles. The van der Waals surface area contributed by atoms with Crippen LogP contribution in [-0.2, 0) is 0 Å². The standard InChI is InChI=1S/C9H7BrClIO/c1-5-2-3-6(12)9(10)8(5)7(13)4-11/h2-3H,4H2,1H3. The van der Waals surface area contributed by atoms with E-state index in [0.29, 0.717) is 5.56 Å². The van der Waals surface area contributed by atoms with Gasteiger partial charge in [-0.2, -0.15) is 0 Å². The third kappa shape index (κ3) is 2.44. The fraction of sp³-hybridized carbons (Fsp3) is 0.222. The molecule has 0 amide bonds. The molecule has 0 radical (unpaired) electrons. The first kappa shape index (κ1) is 11.5. The van der Waals surface area contributed by atoms with Gasteiger partial charge in [0.05, 0.1) is 5.88 Å². The highest BCUT2D eigenvalue weighted by atomic mass is 127. The Balaban J connectivity index is 3.33. The van der Waals surface area contributed by atoms with E-state index in [1.807, 2.05) is 19.1 Å². The van der Waals surface area contributed by atoms with Crippen molar-refractivity contribution in [2.75, 3.05) is 5.88 Å². The Hall–Kier alpha value is 0.390. The van der Waals surface area contributed by atoms with E-state index in [9.17, 15) is 4.79 Å². The zero-order chi connectivity index (χ0) is 10.0. The lowest BCUT2D eigenvalue weighted by atomic mass is 10.1. The molecule has 1 aromatic rings. The molecule has 1 rings (SSSR count). The lowest BCUT2D eigenvalue weighted by Crippen LogP contribution is -2.05. The molecule has 0 aliphatic carbocycles. The molecule has 0 fully saturated rings. The number of ketones is 1. The van der Waals surface area contributed by atoms with Gasteiger partial charge in [-0.05, 0) is 57.1 Å². The van der Waals surface area contributed by atoms with Crippen molar-refractivity contribution in [1.82, 2.24) is 0 Å². The summed E-state index contributed by atoms with van der Waals surface area (Å²) in [7, 11) is 0. The number of hydrogen-bond acceptors (Lipinski definition) is 1. The molecule has 1 nitrogen and oxygen atoms in total. The molecule has 4 heteroatoms. The van der Waals surface area contributed by atoms with Crippen LogP contribution < -0.4 is 0 Å². The van der Waals surface area contributed by atoms with Gasteiger partial charge in [0.15, 0.2) is 5.78 Å². The number of benzene rings is 1. The summed E-state index contributed by atoms with van der Waals surface area (Å²) in [5.74, 6) is -0.0101. The van der Waals surface area contributed by atoms with Gasteiger partial charge in [0.2, 0.25) is 0 Å². The second-order valence-corrected chi connectivity index (χ2v) is 4.83. The number of aryl methyl sites for hydroxylation is 1. The molecule has 0 spiro atoms. The normalized spacial score (nSPS) is 10.2. The van der Waals surface area contributed by atoms with Crippen molar-refractivity contribution in [2.24, 2.45) is 0 Å². The molecule has 0 heterocycles. The van der Waals surface area contributed by atoms with Crippen molar-refractivity contribution in [3.05, 3.63) is 31.3 Å². The van der Waals surface area contributed by atoms with E-state index in [2.05, 4.69) is 38.5 Å². The largest absolute Gasteiger partial charge is 0.293 e. The highest BCUT2D eigenvalue weighted by Gasteiger charge is 2.13. The SMILES string of the molecule is Cc1ccc(I)c(Br)c1C(=O)CCl. The van der Waals surface area contributed by atoms with Crippen LogP contribution >= 0.6 is 50.1 Å². The van der Waals surface area contributed by atoms with Crippen molar-refractivity contribution in [1.29, 1.82) is 0 Å². The molecule has 0 aliphatic rings. The zero-order valence-electron chi connectivity index (χ0n) is 6.90. The highest BCUT2D eigenvalue weighted by Crippen LogP contribution is 2.26. The van der Waals surface area contributed by atoms with E-state index in [1.165, 1.54) is 0 Å². The third-order valence-corrected chi connectivity index (χ3v) is 4.41. The molecule has 0 saturated heterocycles. The maximum atomic E-state index is 11.4. The fourth-order valence-corrected chi connectivity index (χ4v) is 2.31. The first-order chi connectivity index (χ1) is 6.07. The third-order valence-electron chi connectivity index (χ3n) is 1.70. The van der Waals surface area contributed by atoms with Gasteiger partial charge in [0, 0.05) is 13.6 Å². The Bertz CT molecular complexity index is 352. The Kier molecular flexibility index (Phi) is 4.19. The quantitative estimate of drug-likeness (QED) is 0.438. The first-order valence-corrected chi connectivity index (χ1v) is 6.02. The van der Waals surface area contributed by atoms with Crippen LogP contribution in [0.2, 0.25) is 0 Å². The van der Waals surface area contributed by atoms with E-state index in [4.69, 9.17) is 11.6 Å². The Morgan fingerprint density at radius 2 is 2.23 bits per heavy atom. The van der Waals surface area contributed by atoms with Crippen molar-refractivity contribution in [3.63, 3.8) is 0 Å². The second kappa shape index (κ2) is 4.75. The summed E-state index contributed by atoms with van der Waals surface area (Å²) in [6.07, 6.45) is 0. The Labute approximate surface area is 104 Å². The molecule has 0 aromatic heterocycles. The predicted molar refractivity (Wildman–Crippen MR) is 66.6 cm³/mol. The Morgan fingerprint density at radius 1 is 1.62 bits per heavy atom. The van der Waals surface area contributed by atoms with Crippen LogP contribution in [0.3, 0.4) is 0 Å². The van der Waals surface area contributed by atoms with Gasteiger partial charge in [0.1, 0.15) is 0 Å². The van der Waals surface area contributed by atoms with Crippen LogP contribution in [0.25, 0.3) is 0 Å². The Morgan fingerprint density at radius 3 is 2.77 bits per heavy atom. The predicted octanol–water partition coefficient (Wildman–Crippen LogP) is 3.78. The van der Waals surface area contributed by atoms with Crippen LogP contribution in [-0.4, -0.2) is 11.7 Å². The molecule has 0 saturated carbocycles. The van der Waals surface area contributed by atoms with E-state index in [1.54, 1.807) is 0 Å². The van der Waals surface area contributed by atoms with Gasteiger partial charge in [-0.3, -0.25) is 4.79 Å². The maximum absolute atomic E-state index is 11.4. The topological polar surface area (TPSA) is 17.1 Å². The van der Waals surface area contributed by atoms with Gasteiger partial charge in [0.25, 0.3) is 0 Å². The van der Waals surface area contributed by atoms with E-state index < -0.39 is 0 Å². The van der Waals surface area contributed by atoms with Crippen LogP contribution in [0, 0.1) is 10.5 Å². The number of halogens is 3. The van der Waals surface area contributed by atoms with Gasteiger partial charge in [-0.15, -0.1) is 11.6 Å². The van der Waals surface area contributed by atoms with Crippen molar-refractivity contribution < 1.29 is 4.79 Å². The summed E-state index contributed by atoms with van der Waals surface area (Å²) >= 11 is 11.1. The number of Topliss-reactive ketones (excluding diaryl/α,β-unsaturated/α-hetero) is 1.